The standard InChI is InChI=1S/C15H29O/c16-15-13-11-9-7-5-3-1-2-4-6-8-10-12-14-15/h13,15-16H,1-12,14H2. The van der Waals surface area contributed by atoms with Gasteiger partial charge in [-0.05, 0) is 19.3 Å². The molecule has 0 aromatic carbocycles. The molecule has 0 aromatic heterocycles. The van der Waals surface area contributed by atoms with E-state index in [0.717, 1.165) is 12.8 Å². The van der Waals surface area contributed by atoms with Crippen LogP contribution in [0.5, 0.6) is 0 Å². The van der Waals surface area contributed by atoms with Crippen molar-refractivity contribution in [1.82, 2.24) is 0 Å². The van der Waals surface area contributed by atoms with Crippen LogP contribution >= 0.6 is 0 Å². The van der Waals surface area contributed by atoms with Gasteiger partial charge in [0, 0.05) is 0 Å². The van der Waals surface area contributed by atoms with Crippen molar-refractivity contribution in [3.8, 4) is 0 Å². The molecule has 0 amide bonds. The molecule has 1 nitrogen and oxygen atoms in total. The minimum atomic E-state index is -0.134. The molecule has 1 fully saturated rings. The SMILES string of the molecule is OC1[CH]CCCCCCCCCCCCC1. The van der Waals surface area contributed by atoms with E-state index in [1.165, 1.54) is 70.6 Å². The van der Waals surface area contributed by atoms with Gasteiger partial charge in [-0.2, -0.15) is 0 Å². The molecule has 16 heavy (non-hydrogen) atoms. The van der Waals surface area contributed by atoms with E-state index >= 15 is 0 Å². The molecule has 0 aromatic rings. The Bertz CT molecular complexity index is 128. The molecule has 0 bridgehead atoms. The lowest BCUT2D eigenvalue weighted by molar-refractivity contribution is 0.187. The van der Waals surface area contributed by atoms with Gasteiger partial charge in [-0.1, -0.05) is 70.6 Å². The Morgan fingerprint density at radius 2 is 1.06 bits per heavy atom. The zero-order valence-electron chi connectivity index (χ0n) is 10.8. The van der Waals surface area contributed by atoms with Crippen LogP contribution < -0.4 is 0 Å². The fraction of sp³-hybridized carbons (Fsp3) is 0.933. The summed E-state index contributed by atoms with van der Waals surface area (Å²) in [5.74, 6) is 0. The van der Waals surface area contributed by atoms with Gasteiger partial charge in [-0.3, -0.25) is 0 Å². The molecule has 1 N–H and O–H groups in total. The maximum atomic E-state index is 9.72. The van der Waals surface area contributed by atoms with E-state index in [1.54, 1.807) is 0 Å². The maximum absolute atomic E-state index is 9.72. The van der Waals surface area contributed by atoms with E-state index in [9.17, 15) is 5.11 Å². The molecule has 0 heterocycles. The van der Waals surface area contributed by atoms with E-state index in [2.05, 4.69) is 6.42 Å². The first-order valence-corrected chi connectivity index (χ1v) is 7.41. The molecule has 1 rings (SSSR count). The number of rotatable bonds is 0. The summed E-state index contributed by atoms with van der Waals surface area (Å²) in [6.45, 7) is 0. The number of aliphatic hydroxyl groups excluding tert-OH is 1. The van der Waals surface area contributed by atoms with Crippen LogP contribution in [0.4, 0.5) is 0 Å². The summed E-state index contributed by atoms with van der Waals surface area (Å²) >= 11 is 0. The van der Waals surface area contributed by atoms with Crippen molar-refractivity contribution < 1.29 is 5.11 Å². The minimum absolute atomic E-state index is 0.134. The van der Waals surface area contributed by atoms with Gasteiger partial charge in [0.2, 0.25) is 0 Å². The Labute approximate surface area is 102 Å². The van der Waals surface area contributed by atoms with E-state index < -0.39 is 0 Å². The highest BCUT2D eigenvalue weighted by atomic mass is 16.3. The third-order valence-corrected chi connectivity index (χ3v) is 3.64. The van der Waals surface area contributed by atoms with Crippen molar-refractivity contribution in [2.75, 3.05) is 0 Å². The molecular formula is C15H29O. The van der Waals surface area contributed by atoms with Crippen LogP contribution in [0.15, 0.2) is 0 Å². The average molecular weight is 225 g/mol. The fourth-order valence-electron chi connectivity index (χ4n) is 2.52. The third kappa shape index (κ3) is 8.15. The van der Waals surface area contributed by atoms with E-state index in [-0.39, 0.29) is 6.10 Å². The molecule has 1 aliphatic rings. The zero-order valence-corrected chi connectivity index (χ0v) is 10.8. The summed E-state index contributed by atoms with van der Waals surface area (Å²) in [7, 11) is 0. The van der Waals surface area contributed by atoms with Crippen LogP contribution in [-0.2, 0) is 0 Å². The van der Waals surface area contributed by atoms with Crippen LogP contribution in [0, 0.1) is 6.42 Å². The van der Waals surface area contributed by atoms with Crippen molar-refractivity contribution in [2.24, 2.45) is 0 Å². The summed E-state index contributed by atoms with van der Waals surface area (Å²) in [6, 6.07) is 0. The highest BCUT2D eigenvalue weighted by molar-refractivity contribution is 4.75. The van der Waals surface area contributed by atoms with Crippen molar-refractivity contribution in [1.29, 1.82) is 0 Å². The Morgan fingerprint density at radius 3 is 1.62 bits per heavy atom. The lowest BCUT2D eigenvalue weighted by Crippen LogP contribution is -2.06. The van der Waals surface area contributed by atoms with Crippen molar-refractivity contribution >= 4 is 0 Å². The average Bonchev–Trinajstić information content (AvgIpc) is 2.29. The molecular weight excluding hydrogens is 196 g/mol. The molecule has 1 atom stereocenters. The molecule has 1 radical (unpaired) electrons. The lowest BCUT2D eigenvalue weighted by Gasteiger charge is -2.09. The van der Waals surface area contributed by atoms with Gasteiger partial charge in [0.25, 0.3) is 0 Å². The maximum Gasteiger partial charge on any atom is 0.0572 e. The zero-order chi connectivity index (χ0) is 11.5. The first-order valence-electron chi connectivity index (χ1n) is 7.41. The molecule has 1 unspecified atom stereocenters. The predicted octanol–water partition coefficient (Wildman–Crippen LogP) is 4.64. The normalized spacial score (nSPS) is 24.6. The van der Waals surface area contributed by atoms with Gasteiger partial charge < -0.3 is 5.11 Å². The Balaban J connectivity index is 2.10. The van der Waals surface area contributed by atoms with Crippen LogP contribution in [0.3, 0.4) is 0 Å². The molecule has 0 spiro atoms. The molecule has 1 aliphatic carbocycles. The van der Waals surface area contributed by atoms with Crippen LogP contribution in [-0.4, -0.2) is 11.2 Å². The smallest absolute Gasteiger partial charge is 0.0572 e. The number of hydrogen-bond donors (Lipinski definition) is 1. The van der Waals surface area contributed by atoms with Gasteiger partial charge in [-0.25, -0.2) is 0 Å². The first-order chi connectivity index (χ1) is 7.89. The minimum Gasteiger partial charge on any atom is -0.393 e. The van der Waals surface area contributed by atoms with E-state index in [1.807, 2.05) is 0 Å². The monoisotopic (exact) mass is 225 g/mol. The van der Waals surface area contributed by atoms with Crippen molar-refractivity contribution in [2.45, 2.75) is 89.6 Å². The molecule has 95 valence electrons. The Kier molecular flexibility index (Phi) is 8.88. The van der Waals surface area contributed by atoms with Gasteiger partial charge >= 0.3 is 0 Å². The van der Waals surface area contributed by atoms with Gasteiger partial charge in [0.1, 0.15) is 0 Å². The molecule has 1 heteroatoms. The first kappa shape index (κ1) is 14.0. The second kappa shape index (κ2) is 10.1. The van der Waals surface area contributed by atoms with E-state index in [0.29, 0.717) is 0 Å². The quantitative estimate of drug-likeness (QED) is 0.637. The van der Waals surface area contributed by atoms with E-state index in [4.69, 9.17) is 0 Å². The highest BCUT2D eigenvalue weighted by Gasteiger charge is 2.04. The lowest BCUT2D eigenvalue weighted by atomic mass is 10.0. The summed E-state index contributed by atoms with van der Waals surface area (Å²) in [5.41, 5.74) is 0. The highest BCUT2D eigenvalue weighted by Crippen LogP contribution is 2.16. The molecule has 1 saturated carbocycles. The molecule has 0 saturated heterocycles. The summed E-state index contributed by atoms with van der Waals surface area (Å²) in [5, 5.41) is 9.72. The second-order valence-corrected chi connectivity index (χ2v) is 5.27. The van der Waals surface area contributed by atoms with Gasteiger partial charge in [-0.15, -0.1) is 0 Å². The Hall–Kier alpha value is -0.0400. The molecule has 0 aliphatic heterocycles. The van der Waals surface area contributed by atoms with Crippen LogP contribution in [0.1, 0.15) is 83.5 Å². The second-order valence-electron chi connectivity index (χ2n) is 5.27. The van der Waals surface area contributed by atoms with Crippen LogP contribution in [0.2, 0.25) is 0 Å². The largest absolute Gasteiger partial charge is 0.393 e. The summed E-state index contributed by atoms with van der Waals surface area (Å²) < 4.78 is 0. The predicted molar refractivity (Wildman–Crippen MR) is 70.3 cm³/mol. The van der Waals surface area contributed by atoms with Crippen LogP contribution in [0.25, 0.3) is 0 Å². The Morgan fingerprint density at radius 1 is 0.625 bits per heavy atom. The summed E-state index contributed by atoms with van der Waals surface area (Å²) in [6.07, 6.45) is 19.1. The number of hydrogen-bond acceptors (Lipinski definition) is 1. The number of aliphatic hydroxyl groups is 1. The topological polar surface area (TPSA) is 20.2 Å². The fourth-order valence-corrected chi connectivity index (χ4v) is 2.52. The van der Waals surface area contributed by atoms with Gasteiger partial charge in [0.05, 0.1) is 6.10 Å². The third-order valence-electron chi connectivity index (χ3n) is 3.64. The van der Waals surface area contributed by atoms with Crippen molar-refractivity contribution in [3.63, 3.8) is 0 Å². The van der Waals surface area contributed by atoms with Crippen molar-refractivity contribution in [3.05, 3.63) is 6.42 Å². The van der Waals surface area contributed by atoms with Gasteiger partial charge in [0.15, 0.2) is 0 Å². The summed E-state index contributed by atoms with van der Waals surface area (Å²) in [4.78, 5) is 0.